The van der Waals surface area contributed by atoms with E-state index in [-0.39, 0.29) is 0 Å². The topological polar surface area (TPSA) is 14.2 Å². The molecule has 0 bridgehead atoms. The second-order valence-electron chi connectivity index (χ2n) is 3.51. The first kappa shape index (κ1) is 10.9. The maximum atomic E-state index is 12.6. The number of hydrogen-bond donors (Lipinski definition) is 0. The molecule has 0 saturated heterocycles. The van der Waals surface area contributed by atoms with E-state index in [1.165, 1.54) is 14.2 Å². The van der Waals surface area contributed by atoms with Gasteiger partial charge in [-0.3, -0.25) is 0 Å². The summed E-state index contributed by atoms with van der Waals surface area (Å²) >= 11 is 0. The van der Waals surface area contributed by atoms with Gasteiger partial charge in [-0.05, 0) is 18.2 Å². The minimum atomic E-state index is -4.33. The molecular weight excluding hydrogens is 219 g/mol. The fourth-order valence-electron chi connectivity index (χ4n) is 1.71. The van der Waals surface area contributed by atoms with Crippen LogP contribution in [0.1, 0.15) is 5.69 Å². The average molecular weight is 229 g/mol. The van der Waals surface area contributed by atoms with Crippen molar-refractivity contribution < 1.29 is 17.9 Å². The average Bonchev–Trinajstić information content (AvgIpc) is 2.55. The van der Waals surface area contributed by atoms with E-state index in [1.807, 2.05) is 0 Å². The van der Waals surface area contributed by atoms with Crippen molar-refractivity contribution in [2.45, 2.75) is 6.18 Å². The molecule has 2 nitrogen and oxygen atoms in total. The van der Waals surface area contributed by atoms with E-state index in [9.17, 15) is 13.2 Å². The van der Waals surface area contributed by atoms with E-state index >= 15 is 0 Å². The van der Waals surface area contributed by atoms with Gasteiger partial charge in [0.2, 0.25) is 0 Å². The highest BCUT2D eigenvalue weighted by Gasteiger charge is 2.34. The maximum Gasteiger partial charge on any atom is 0.431 e. The zero-order chi connectivity index (χ0) is 11.9. The largest absolute Gasteiger partial charge is 0.497 e. The normalized spacial score (nSPS) is 12.1. The van der Waals surface area contributed by atoms with E-state index < -0.39 is 11.9 Å². The molecule has 2 rings (SSSR count). The molecule has 0 radical (unpaired) electrons. The van der Waals surface area contributed by atoms with Gasteiger partial charge in [-0.2, -0.15) is 13.2 Å². The highest BCUT2D eigenvalue weighted by Crippen LogP contribution is 2.34. The molecule has 86 valence electrons. The lowest BCUT2D eigenvalue weighted by atomic mass is 10.2. The predicted molar refractivity (Wildman–Crippen MR) is 54.5 cm³/mol. The molecule has 0 N–H and O–H groups in total. The third-order valence-corrected chi connectivity index (χ3v) is 2.54. The molecule has 0 amide bonds. The highest BCUT2D eigenvalue weighted by atomic mass is 19.4. The van der Waals surface area contributed by atoms with Crippen LogP contribution in [0.5, 0.6) is 5.75 Å². The molecule has 1 aromatic heterocycles. The summed E-state index contributed by atoms with van der Waals surface area (Å²) in [5, 5.41) is 0.552. The van der Waals surface area contributed by atoms with Crippen molar-refractivity contribution in [3.63, 3.8) is 0 Å². The summed E-state index contributed by atoms with van der Waals surface area (Å²) in [5.74, 6) is 0.544. The van der Waals surface area contributed by atoms with Gasteiger partial charge in [-0.25, -0.2) is 0 Å². The van der Waals surface area contributed by atoms with Crippen molar-refractivity contribution in [1.82, 2.24) is 4.57 Å². The van der Waals surface area contributed by atoms with E-state index in [4.69, 9.17) is 4.74 Å². The number of halogens is 3. The van der Waals surface area contributed by atoms with Crippen molar-refractivity contribution in [1.29, 1.82) is 0 Å². The van der Waals surface area contributed by atoms with Crippen LogP contribution in [0.2, 0.25) is 0 Å². The Labute approximate surface area is 90.2 Å². The molecule has 1 aromatic carbocycles. The maximum absolute atomic E-state index is 12.6. The number of aryl methyl sites for hydroxylation is 1. The lowest BCUT2D eigenvalue weighted by Gasteiger charge is -2.07. The van der Waals surface area contributed by atoms with Crippen molar-refractivity contribution in [2.75, 3.05) is 7.11 Å². The van der Waals surface area contributed by atoms with Gasteiger partial charge in [0.25, 0.3) is 0 Å². The van der Waals surface area contributed by atoms with Crippen molar-refractivity contribution in [2.24, 2.45) is 7.05 Å². The zero-order valence-electron chi connectivity index (χ0n) is 8.80. The van der Waals surface area contributed by atoms with E-state index in [0.29, 0.717) is 16.7 Å². The molecule has 2 aromatic rings. The van der Waals surface area contributed by atoms with Crippen LogP contribution in [0.4, 0.5) is 13.2 Å². The number of benzene rings is 1. The summed E-state index contributed by atoms with van der Waals surface area (Å²) in [4.78, 5) is 0. The molecule has 16 heavy (non-hydrogen) atoms. The van der Waals surface area contributed by atoms with Gasteiger partial charge in [0.05, 0.1) is 12.6 Å². The fraction of sp³-hybridized carbons (Fsp3) is 0.273. The van der Waals surface area contributed by atoms with Gasteiger partial charge in [-0.1, -0.05) is 0 Å². The monoisotopic (exact) mass is 229 g/mol. The molecular formula is C11H10F3NO. The van der Waals surface area contributed by atoms with Crippen LogP contribution >= 0.6 is 0 Å². The molecule has 0 aliphatic carbocycles. The first-order valence-corrected chi connectivity index (χ1v) is 4.64. The molecule has 0 unspecified atom stereocenters. The van der Waals surface area contributed by atoms with Crippen LogP contribution in [0, 0.1) is 0 Å². The highest BCUT2D eigenvalue weighted by molar-refractivity contribution is 5.82. The van der Waals surface area contributed by atoms with Crippen molar-refractivity contribution >= 4 is 10.9 Å². The van der Waals surface area contributed by atoms with Gasteiger partial charge in [0.15, 0.2) is 0 Å². The molecule has 0 aliphatic rings. The van der Waals surface area contributed by atoms with Gasteiger partial charge < -0.3 is 9.30 Å². The standard InChI is InChI=1S/C11H10F3NO/c1-15-9-6-8(16-2)4-3-7(9)5-10(15)11(12,13)14/h3-6H,1-2H3. The summed E-state index contributed by atoms with van der Waals surface area (Å²) in [7, 11) is 2.87. The SMILES string of the molecule is COc1ccc2cc(C(F)(F)F)n(C)c2c1. The number of hydrogen-bond acceptors (Lipinski definition) is 1. The van der Waals surface area contributed by atoms with Crippen LogP contribution in [0.15, 0.2) is 24.3 Å². The minimum Gasteiger partial charge on any atom is -0.497 e. The lowest BCUT2D eigenvalue weighted by molar-refractivity contribution is -0.142. The van der Waals surface area contributed by atoms with Gasteiger partial charge in [0, 0.05) is 18.5 Å². The second kappa shape index (κ2) is 3.43. The van der Waals surface area contributed by atoms with Gasteiger partial charge in [0.1, 0.15) is 11.4 Å². The number of aromatic nitrogens is 1. The second-order valence-corrected chi connectivity index (χ2v) is 3.51. The van der Waals surface area contributed by atoms with E-state index in [0.717, 1.165) is 10.6 Å². The number of rotatable bonds is 1. The Morgan fingerprint density at radius 1 is 1.19 bits per heavy atom. The Balaban J connectivity index is 2.69. The molecule has 5 heteroatoms. The smallest absolute Gasteiger partial charge is 0.431 e. The van der Waals surface area contributed by atoms with Crippen LogP contribution in [0.3, 0.4) is 0 Å². The van der Waals surface area contributed by atoms with E-state index in [1.54, 1.807) is 18.2 Å². The Hall–Kier alpha value is -1.65. The van der Waals surface area contributed by atoms with Crippen LogP contribution in [-0.4, -0.2) is 11.7 Å². The number of fused-ring (bicyclic) bond motifs is 1. The van der Waals surface area contributed by atoms with Crippen molar-refractivity contribution in [3.05, 3.63) is 30.0 Å². The predicted octanol–water partition coefficient (Wildman–Crippen LogP) is 3.21. The molecule has 0 saturated carbocycles. The number of alkyl halides is 3. The zero-order valence-corrected chi connectivity index (χ0v) is 8.80. The Kier molecular flexibility index (Phi) is 2.33. The summed E-state index contributed by atoms with van der Waals surface area (Å²) < 4.78 is 44.0. The molecule has 1 heterocycles. The quantitative estimate of drug-likeness (QED) is 0.732. The molecule has 0 aliphatic heterocycles. The van der Waals surface area contributed by atoms with Gasteiger partial charge >= 0.3 is 6.18 Å². The summed E-state index contributed by atoms with van der Waals surface area (Å²) in [6.07, 6.45) is -4.33. The van der Waals surface area contributed by atoms with Crippen LogP contribution in [-0.2, 0) is 13.2 Å². The first-order chi connectivity index (χ1) is 7.43. The summed E-state index contributed by atoms with van der Waals surface area (Å²) in [6.45, 7) is 0. The third-order valence-electron chi connectivity index (χ3n) is 2.54. The van der Waals surface area contributed by atoms with Crippen LogP contribution < -0.4 is 4.74 Å². The Morgan fingerprint density at radius 2 is 1.88 bits per heavy atom. The number of nitrogens with zero attached hydrogens (tertiary/aromatic N) is 1. The van der Waals surface area contributed by atoms with Crippen molar-refractivity contribution in [3.8, 4) is 5.75 Å². The Bertz CT molecular complexity index is 528. The van der Waals surface area contributed by atoms with E-state index in [2.05, 4.69) is 0 Å². The summed E-state index contributed by atoms with van der Waals surface area (Å²) in [6, 6.07) is 5.98. The summed E-state index contributed by atoms with van der Waals surface area (Å²) in [5.41, 5.74) is -0.151. The van der Waals surface area contributed by atoms with Gasteiger partial charge in [-0.15, -0.1) is 0 Å². The first-order valence-electron chi connectivity index (χ1n) is 4.64. The van der Waals surface area contributed by atoms with Crippen LogP contribution in [0.25, 0.3) is 10.9 Å². The number of ether oxygens (including phenoxy) is 1. The fourth-order valence-corrected chi connectivity index (χ4v) is 1.71. The lowest BCUT2D eigenvalue weighted by Crippen LogP contribution is -2.10. The molecule has 0 fully saturated rings. The third kappa shape index (κ3) is 1.62. The number of methoxy groups -OCH3 is 1. The molecule has 0 spiro atoms. The minimum absolute atomic E-state index is 0.506. The Morgan fingerprint density at radius 3 is 2.44 bits per heavy atom. The molecule has 0 atom stereocenters.